The molecule has 0 spiro atoms. The molecule has 1 unspecified atom stereocenters. The Balaban J connectivity index is 2.12. The van der Waals surface area contributed by atoms with Crippen LogP contribution in [0.25, 0.3) is 0 Å². The minimum atomic E-state index is -0.955. The van der Waals surface area contributed by atoms with E-state index in [1.54, 1.807) is 6.92 Å². The summed E-state index contributed by atoms with van der Waals surface area (Å²) in [6, 6.07) is 4.19. The van der Waals surface area contributed by atoms with Crippen molar-refractivity contribution < 1.29 is 23.8 Å². The van der Waals surface area contributed by atoms with Crippen LogP contribution in [0.1, 0.15) is 25.3 Å². The lowest BCUT2D eigenvalue weighted by atomic mass is 10.1. The standard InChI is InChI=1S/C12H13FO4/c1-12(5-4-11(14)15)16-7-8-6-9(13)2-3-10(8)17-12/h2-3,6H,4-5,7H2,1H3,(H,14,15). The van der Waals surface area contributed by atoms with Gasteiger partial charge in [-0.3, -0.25) is 4.79 Å². The molecular weight excluding hydrogens is 227 g/mol. The molecule has 0 radical (unpaired) electrons. The van der Waals surface area contributed by atoms with E-state index < -0.39 is 11.8 Å². The van der Waals surface area contributed by atoms with Gasteiger partial charge in [0.05, 0.1) is 13.0 Å². The number of rotatable bonds is 3. The summed E-state index contributed by atoms with van der Waals surface area (Å²) in [6.07, 6.45) is 0.214. The zero-order valence-corrected chi connectivity index (χ0v) is 9.40. The van der Waals surface area contributed by atoms with E-state index in [1.807, 2.05) is 0 Å². The first-order chi connectivity index (χ1) is 7.98. The first kappa shape index (κ1) is 11.9. The molecule has 2 rings (SSSR count). The molecule has 0 aromatic heterocycles. The van der Waals surface area contributed by atoms with Gasteiger partial charge < -0.3 is 14.6 Å². The monoisotopic (exact) mass is 240 g/mol. The van der Waals surface area contributed by atoms with Crippen LogP contribution in [0.4, 0.5) is 4.39 Å². The van der Waals surface area contributed by atoms with Gasteiger partial charge in [0.15, 0.2) is 0 Å². The molecule has 0 saturated heterocycles. The van der Waals surface area contributed by atoms with E-state index >= 15 is 0 Å². The van der Waals surface area contributed by atoms with Gasteiger partial charge in [0, 0.05) is 18.9 Å². The number of carboxylic acids is 1. The highest BCUT2D eigenvalue weighted by molar-refractivity contribution is 5.66. The molecule has 1 N–H and O–H groups in total. The van der Waals surface area contributed by atoms with Crippen molar-refractivity contribution in [3.8, 4) is 5.75 Å². The first-order valence-corrected chi connectivity index (χ1v) is 5.32. The molecular formula is C12H13FO4. The normalized spacial score (nSPS) is 22.7. The van der Waals surface area contributed by atoms with Crippen molar-refractivity contribution in [1.82, 2.24) is 0 Å². The van der Waals surface area contributed by atoms with Gasteiger partial charge in [-0.25, -0.2) is 4.39 Å². The Labute approximate surface area is 98.0 Å². The number of halogens is 1. The molecule has 0 bridgehead atoms. The number of fused-ring (bicyclic) bond motifs is 1. The molecule has 0 saturated carbocycles. The van der Waals surface area contributed by atoms with Gasteiger partial charge in [0.25, 0.3) is 0 Å². The largest absolute Gasteiger partial charge is 0.481 e. The highest BCUT2D eigenvalue weighted by atomic mass is 19.1. The fourth-order valence-electron chi connectivity index (χ4n) is 1.71. The molecule has 1 aliphatic heterocycles. The molecule has 0 aliphatic carbocycles. The first-order valence-electron chi connectivity index (χ1n) is 5.32. The molecule has 5 heteroatoms. The van der Waals surface area contributed by atoms with Crippen molar-refractivity contribution in [2.75, 3.05) is 0 Å². The summed E-state index contributed by atoms with van der Waals surface area (Å²) >= 11 is 0. The van der Waals surface area contributed by atoms with Crippen LogP contribution in [0.3, 0.4) is 0 Å². The molecule has 0 fully saturated rings. The number of carbonyl (C=O) groups is 1. The zero-order chi connectivity index (χ0) is 12.5. The molecule has 1 heterocycles. The average molecular weight is 240 g/mol. The summed E-state index contributed by atoms with van der Waals surface area (Å²) in [5, 5.41) is 8.63. The molecule has 17 heavy (non-hydrogen) atoms. The lowest BCUT2D eigenvalue weighted by molar-refractivity contribution is -0.199. The van der Waals surface area contributed by atoms with Gasteiger partial charge in [-0.15, -0.1) is 0 Å². The minimum absolute atomic E-state index is 0.0347. The van der Waals surface area contributed by atoms with Crippen LogP contribution in [-0.2, 0) is 16.1 Å². The second-order valence-electron chi connectivity index (χ2n) is 4.17. The maximum Gasteiger partial charge on any atom is 0.303 e. The third-order valence-corrected chi connectivity index (χ3v) is 2.67. The van der Waals surface area contributed by atoms with E-state index in [4.69, 9.17) is 14.6 Å². The van der Waals surface area contributed by atoms with E-state index in [0.717, 1.165) is 0 Å². The minimum Gasteiger partial charge on any atom is -0.481 e. The average Bonchev–Trinajstić information content (AvgIpc) is 2.27. The summed E-state index contributed by atoms with van der Waals surface area (Å²) in [4.78, 5) is 10.5. The van der Waals surface area contributed by atoms with Crippen LogP contribution in [0.5, 0.6) is 5.75 Å². The predicted molar refractivity (Wildman–Crippen MR) is 57.1 cm³/mol. The number of carboxylic acid groups (broad SMARTS) is 1. The summed E-state index contributed by atoms with van der Waals surface area (Å²) in [7, 11) is 0. The number of hydrogen-bond acceptors (Lipinski definition) is 3. The van der Waals surface area contributed by atoms with Gasteiger partial charge in [-0.05, 0) is 18.2 Å². The topological polar surface area (TPSA) is 55.8 Å². The summed E-state index contributed by atoms with van der Waals surface area (Å²) in [5.41, 5.74) is 0.637. The Bertz CT molecular complexity index is 446. The number of hydrogen-bond donors (Lipinski definition) is 1. The van der Waals surface area contributed by atoms with Gasteiger partial charge in [-0.1, -0.05) is 0 Å². The van der Waals surface area contributed by atoms with Crippen LogP contribution in [0.15, 0.2) is 18.2 Å². The third kappa shape index (κ3) is 2.74. The molecule has 92 valence electrons. The van der Waals surface area contributed by atoms with E-state index in [-0.39, 0.29) is 25.3 Å². The molecule has 1 aromatic rings. The number of benzene rings is 1. The molecule has 1 aliphatic rings. The number of aliphatic carboxylic acids is 1. The highest BCUT2D eigenvalue weighted by Gasteiger charge is 2.33. The molecule has 4 nitrogen and oxygen atoms in total. The van der Waals surface area contributed by atoms with E-state index in [1.165, 1.54) is 18.2 Å². The molecule has 1 atom stereocenters. The van der Waals surface area contributed by atoms with E-state index in [2.05, 4.69) is 0 Å². The van der Waals surface area contributed by atoms with Crippen molar-refractivity contribution in [3.63, 3.8) is 0 Å². The van der Waals surface area contributed by atoms with E-state index in [0.29, 0.717) is 11.3 Å². The highest BCUT2D eigenvalue weighted by Crippen LogP contribution is 2.33. The Morgan fingerprint density at radius 2 is 2.35 bits per heavy atom. The quantitative estimate of drug-likeness (QED) is 0.880. The fourth-order valence-corrected chi connectivity index (χ4v) is 1.71. The van der Waals surface area contributed by atoms with Crippen LogP contribution in [-0.4, -0.2) is 16.9 Å². The van der Waals surface area contributed by atoms with Crippen LogP contribution < -0.4 is 4.74 Å². The molecule has 1 aromatic carbocycles. The SMILES string of the molecule is CC1(CCC(=O)O)OCc2cc(F)ccc2O1. The Kier molecular flexibility index (Phi) is 3.02. The van der Waals surface area contributed by atoms with Gasteiger partial charge in [0.1, 0.15) is 11.6 Å². The second-order valence-corrected chi connectivity index (χ2v) is 4.17. The maximum absolute atomic E-state index is 13.0. The van der Waals surface area contributed by atoms with Crippen molar-refractivity contribution in [2.45, 2.75) is 32.2 Å². The van der Waals surface area contributed by atoms with E-state index in [9.17, 15) is 9.18 Å². The van der Waals surface area contributed by atoms with Gasteiger partial charge >= 0.3 is 5.97 Å². The van der Waals surface area contributed by atoms with Crippen molar-refractivity contribution in [2.24, 2.45) is 0 Å². The lowest BCUT2D eigenvalue weighted by Crippen LogP contribution is -2.39. The van der Waals surface area contributed by atoms with Crippen molar-refractivity contribution in [3.05, 3.63) is 29.6 Å². The van der Waals surface area contributed by atoms with Crippen LogP contribution >= 0.6 is 0 Å². The molecule has 0 amide bonds. The van der Waals surface area contributed by atoms with Gasteiger partial charge in [0.2, 0.25) is 5.79 Å². The maximum atomic E-state index is 13.0. The lowest BCUT2D eigenvalue weighted by Gasteiger charge is -2.35. The van der Waals surface area contributed by atoms with Crippen molar-refractivity contribution in [1.29, 1.82) is 0 Å². The second kappa shape index (κ2) is 4.33. The smallest absolute Gasteiger partial charge is 0.303 e. The van der Waals surface area contributed by atoms with Crippen molar-refractivity contribution >= 4 is 5.97 Å². The predicted octanol–water partition coefficient (Wildman–Crippen LogP) is 2.32. The third-order valence-electron chi connectivity index (χ3n) is 2.67. The number of ether oxygens (including phenoxy) is 2. The zero-order valence-electron chi connectivity index (χ0n) is 9.40. The summed E-state index contributed by atoms with van der Waals surface area (Å²) < 4.78 is 24.0. The Morgan fingerprint density at radius 1 is 1.59 bits per heavy atom. The Morgan fingerprint density at radius 3 is 3.06 bits per heavy atom. The summed E-state index contributed by atoms with van der Waals surface area (Å²) in [6.45, 7) is 1.91. The van der Waals surface area contributed by atoms with Crippen LogP contribution in [0.2, 0.25) is 0 Å². The van der Waals surface area contributed by atoms with Crippen LogP contribution in [0, 0.1) is 5.82 Å². The van der Waals surface area contributed by atoms with Gasteiger partial charge in [-0.2, -0.15) is 0 Å². The Hall–Kier alpha value is -1.62. The summed E-state index contributed by atoms with van der Waals surface area (Å²) in [5.74, 6) is -1.65. The fraction of sp³-hybridized carbons (Fsp3) is 0.417.